The molecule has 0 amide bonds. The number of allylic oxidation sites excluding steroid dienone is 1. The zero-order valence-electron chi connectivity index (χ0n) is 13.5. The number of phenols is 1. The molecular formula is C20H26O2. The van der Waals surface area contributed by atoms with Gasteiger partial charge in [0.1, 0.15) is 5.75 Å². The minimum atomic E-state index is -0.236. The molecule has 3 aliphatic rings. The summed E-state index contributed by atoms with van der Waals surface area (Å²) in [6.07, 6.45) is 7.52. The predicted octanol–water partition coefficient (Wildman–Crippen LogP) is 4.17. The minimum Gasteiger partial charge on any atom is -0.508 e. The number of aliphatic hydroxyl groups excluding tert-OH is 1. The molecule has 0 aromatic heterocycles. The van der Waals surface area contributed by atoms with E-state index >= 15 is 0 Å². The normalized spacial score (nSPS) is 41.9. The number of benzene rings is 1. The van der Waals surface area contributed by atoms with E-state index in [-0.39, 0.29) is 11.5 Å². The largest absolute Gasteiger partial charge is 0.508 e. The zero-order chi connectivity index (χ0) is 15.5. The van der Waals surface area contributed by atoms with E-state index in [0.717, 1.165) is 12.8 Å². The Morgan fingerprint density at radius 1 is 1.27 bits per heavy atom. The number of phenolic OH excluding ortho intramolecular Hbond substituents is 1. The van der Waals surface area contributed by atoms with E-state index in [1.165, 1.54) is 36.0 Å². The molecule has 2 heteroatoms. The molecule has 1 aromatic rings. The quantitative estimate of drug-likeness (QED) is 0.706. The summed E-state index contributed by atoms with van der Waals surface area (Å²) in [4.78, 5) is 0. The van der Waals surface area contributed by atoms with Crippen LogP contribution in [0.3, 0.4) is 0 Å². The molecule has 5 atom stereocenters. The number of aromatic hydroxyl groups is 1. The van der Waals surface area contributed by atoms with Gasteiger partial charge in [-0.05, 0) is 91.0 Å². The van der Waals surface area contributed by atoms with Crippen LogP contribution in [0.4, 0.5) is 0 Å². The Bertz CT molecular complexity index is 633. The Labute approximate surface area is 132 Å². The second kappa shape index (κ2) is 4.86. The Morgan fingerprint density at radius 2 is 2.09 bits per heavy atom. The summed E-state index contributed by atoms with van der Waals surface area (Å²) < 4.78 is 0. The summed E-state index contributed by atoms with van der Waals surface area (Å²) in [5.74, 6) is 2.30. The van der Waals surface area contributed by atoms with Gasteiger partial charge >= 0.3 is 0 Å². The van der Waals surface area contributed by atoms with E-state index in [1.54, 1.807) is 0 Å². The van der Waals surface area contributed by atoms with Gasteiger partial charge in [-0.1, -0.05) is 19.1 Å². The highest BCUT2D eigenvalue weighted by Crippen LogP contribution is 2.62. The molecule has 0 spiro atoms. The number of aryl methyl sites for hydroxylation is 1. The van der Waals surface area contributed by atoms with Gasteiger partial charge < -0.3 is 10.2 Å². The lowest BCUT2D eigenvalue weighted by atomic mass is 9.55. The summed E-state index contributed by atoms with van der Waals surface area (Å²) in [5.41, 5.74) is 4.28. The molecule has 0 heterocycles. The monoisotopic (exact) mass is 298 g/mol. The van der Waals surface area contributed by atoms with Crippen LogP contribution in [0.15, 0.2) is 29.8 Å². The Kier molecular flexibility index (Phi) is 3.16. The summed E-state index contributed by atoms with van der Waals surface area (Å²) >= 11 is 0. The molecule has 2 fully saturated rings. The maximum Gasteiger partial charge on any atom is 0.115 e. The topological polar surface area (TPSA) is 40.5 Å². The molecule has 4 rings (SSSR count). The van der Waals surface area contributed by atoms with Crippen molar-refractivity contribution in [3.8, 4) is 5.75 Å². The number of aliphatic hydroxyl groups is 1. The standard InChI is InChI=1S/C20H26O2/c1-3-17-19(22)11-18-16-6-4-12-10-13(21)5-7-14(12)15(16)8-9-20(17,18)2/h3,5,7,10,15-16,18-19,21-22H,4,6,8-9,11H2,1-2H3/b17-3-/t15-,16-,18+,19-,20-/m1/s1. The van der Waals surface area contributed by atoms with Crippen molar-refractivity contribution in [3.63, 3.8) is 0 Å². The fourth-order valence-electron chi connectivity index (χ4n) is 5.95. The molecule has 2 nitrogen and oxygen atoms in total. The third-order valence-electron chi connectivity index (χ3n) is 6.91. The van der Waals surface area contributed by atoms with E-state index in [4.69, 9.17) is 0 Å². The average molecular weight is 298 g/mol. The van der Waals surface area contributed by atoms with Gasteiger partial charge in [-0.2, -0.15) is 0 Å². The molecule has 118 valence electrons. The molecule has 1 aromatic carbocycles. The summed E-state index contributed by atoms with van der Waals surface area (Å²) in [7, 11) is 0. The Balaban J connectivity index is 1.73. The van der Waals surface area contributed by atoms with Crippen molar-refractivity contribution in [1.82, 2.24) is 0 Å². The molecule has 2 N–H and O–H groups in total. The van der Waals surface area contributed by atoms with Crippen LogP contribution in [0.2, 0.25) is 0 Å². The van der Waals surface area contributed by atoms with Crippen LogP contribution in [-0.4, -0.2) is 16.3 Å². The molecule has 22 heavy (non-hydrogen) atoms. The van der Waals surface area contributed by atoms with Crippen molar-refractivity contribution in [2.24, 2.45) is 17.3 Å². The van der Waals surface area contributed by atoms with Crippen LogP contribution in [0.5, 0.6) is 5.75 Å². The van der Waals surface area contributed by atoms with Gasteiger partial charge in [0, 0.05) is 0 Å². The van der Waals surface area contributed by atoms with Gasteiger partial charge in [0.15, 0.2) is 0 Å². The van der Waals surface area contributed by atoms with E-state index in [1.807, 2.05) is 12.1 Å². The van der Waals surface area contributed by atoms with Crippen molar-refractivity contribution < 1.29 is 10.2 Å². The van der Waals surface area contributed by atoms with Gasteiger partial charge in [0.25, 0.3) is 0 Å². The molecule has 0 saturated heterocycles. The van der Waals surface area contributed by atoms with Gasteiger partial charge in [-0.15, -0.1) is 0 Å². The number of hydrogen-bond acceptors (Lipinski definition) is 2. The Hall–Kier alpha value is -1.28. The lowest BCUT2D eigenvalue weighted by Crippen LogP contribution is -2.40. The minimum absolute atomic E-state index is 0.198. The van der Waals surface area contributed by atoms with Crippen LogP contribution in [-0.2, 0) is 6.42 Å². The first kappa shape index (κ1) is 14.3. The van der Waals surface area contributed by atoms with E-state index < -0.39 is 0 Å². The summed E-state index contributed by atoms with van der Waals surface area (Å²) in [6, 6.07) is 5.95. The lowest BCUT2D eigenvalue weighted by Gasteiger charge is -2.49. The molecule has 3 aliphatic carbocycles. The van der Waals surface area contributed by atoms with Crippen LogP contribution in [0.25, 0.3) is 0 Å². The molecule has 0 radical (unpaired) electrons. The predicted molar refractivity (Wildman–Crippen MR) is 87.9 cm³/mol. The summed E-state index contributed by atoms with van der Waals surface area (Å²) in [5, 5.41) is 20.2. The van der Waals surface area contributed by atoms with Gasteiger partial charge in [-0.25, -0.2) is 0 Å². The fraction of sp³-hybridized carbons (Fsp3) is 0.600. The summed E-state index contributed by atoms with van der Waals surface area (Å²) in [6.45, 7) is 4.46. The number of fused-ring (bicyclic) bond motifs is 5. The van der Waals surface area contributed by atoms with Gasteiger partial charge in [0.05, 0.1) is 6.10 Å². The van der Waals surface area contributed by atoms with Crippen molar-refractivity contribution in [1.29, 1.82) is 0 Å². The van der Waals surface area contributed by atoms with Crippen LogP contribution >= 0.6 is 0 Å². The average Bonchev–Trinajstić information content (AvgIpc) is 2.76. The highest BCUT2D eigenvalue weighted by Gasteiger charge is 2.55. The Morgan fingerprint density at radius 3 is 2.86 bits per heavy atom. The van der Waals surface area contributed by atoms with Gasteiger partial charge in [-0.3, -0.25) is 0 Å². The first-order chi connectivity index (χ1) is 10.5. The van der Waals surface area contributed by atoms with Crippen LogP contribution in [0.1, 0.15) is 56.6 Å². The van der Waals surface area contributed by atoms with Crippen molar-refractivity contribution in [3.05, 3.63) is 41.0 Å². The number of rotatable bonds is 0. The van der Waals surface area contributed by atoms with E-state index in [9.17, 15) is 10.2 Å². The fourth-order valence-corrected chi connectivity index (χ4v) is 5.95. The first-order valence-corrected chi connectivity index (χ1v) is 8.71. The van der Waals surface area contributed by atoms with Crippen LogP contribution in [0, 0.1) is 17.3 Å². The second-order valence-electron chi connectivity index (χ2n) is 7.75. The third kappa shape index (κ3) is 1.83. The molecule has 0 aliphatic heterocycles. The van der Waals surface area contributed by atoms with Gasteiger partial charge in [0.2, 0.25) is 0 Å². The molecule has 0 unspecified atom stereocenters. The smallest absolute Gasteiger partial charge is 0.115 e. The van der Waals surface area contributed by atoms with E-state index in [0.29, 0.717) is 23.5 Å². The molecule has 0 bridgehead atoms. The van der Waals surface area contributed by atoms with Crippen molar-refractivity contribution >= 4 is 0 Å². The SMILES string of the molecule is C/C=C1/[C@H](O)C[C@H]2[C@@H]3CCc4cc(O)ccc4[C@H]3CC[C@]12C. The maximum atomic E-state index is 10.5. The highest BCUT2D eigenvalue weighted by molar-refractivity contribution is 5.41. The highest BCUT2D eigenvalue weighted by atomic mass is 16.3. The second-order valence-corrected chi connectivity index (χ2v) is 7.75. The zero-order valence-corrected chi connectivity index (χ0v) is 13.5. The maximum absolute atomic E-state index is 10.5. The third-order valence-corrected chi connectivity index (χ3v) is 6.91. The molecule has 2 saturated carbocycles. The lowest BCUT2D eigenvalue weighted by molar-refractivity contribution is 0.0781. The van der Waals surface area contributed by atoms with E-state index in [2.05, 4.69) is 26.0 Å². The van der Waals surface area contributed by atoms with Crippen molar-refractivity contribution in [2.75, 3.05) is 0 Å². The first-order valence-electron chi connectivity index (χ1n) is 8.71. The van der Waals surface area contributed by atoms with Crippen molar-refractivity contribution in [2.45, 2.75) is 58.0 Å². The van der Waals surface area contributed by atoms with Crippen LogP contribution < -0.4 is 0 Å². The molecular weight excluding hydrogens is 272 g/mol. The number of hydrogen-bond donors (Lipinski definition) is 2.